The molecule has 0 aliphatic carbocycles. The summed E-state index contributed by atoms with van der Waals surface area (Å²) in [5.74, 6) is -0.906. The van der Waals surface area contributed by atoms with Gasteiger partial charge in [0.05, 0.1) is 13.2 Å². The van der Waals surface area contributed by atoms with E-state index in [0.29, 0.717) is 11.4 Å². The molecule has 0 unspecified atom stereocenters. The molecule has 0 spiro atoms. The van der Waals surface area contributed by atoms with E-state index in [0.717, 1.165) is 12.7 Å². The van der Waals surface area contributed by atoms with Crippen molar-refractivity contribution in [3.63, 3.8) is 0 Å². The molecule has 0 bridgehead atoms. The number of hydrogen-bond donors (Lipinski definition) is 2. The number of amides is 2. The van der Waals surface area contributed by atoms with E-state index in [-0.39, 0.29) is 6.42 Å². The van der Waals surface area contributed by atoms with Crippen LogP contribution >= 0.6 is 0 Å². The van der Waals surface area contributed by atoms with Gasteiger partial charge in [0, 0.05) is 0 Å². The molecule has 0 heterocycles. The number of esters is 1. The third-order valence-corrected chi connectivity index (χ3v) is 3.30. The summed E-state index contributed by atoms with van der Waals surface area (Å²) < 4.78 is 15.2. The Kier molecular flexibility index (Phi) is 10.2. The van der Waals surface area contributed by atoms with Crippen LogP contribution in [0.1, 0.15) is 68.2 Å². The lowest BCUT2D eigenvalue weighted by Crippen LogP contribution is -2.60. The molecule has 0 aromatic rings. The van der Waals surface area contributed by atoms with Gasteiger partial charge in [-0.1, -0.05) is 11.6 Å². The lowest BCUT2D eigenvalue weighted by molar-refractivity contribution is -0.153. The normalized spacial score (nSPS) is 13.6. The van der Waals surface area contributed by atoms with Crippen molar-refractivity contribution in [1.29, 1.82) is 0 Å². The van der Waals surface area contributed by atoms with Gasteiger partial charge in [-0.3, -0.25) is 0 Å². The molecule has 9 nitrogen and oxygen atoms in total. The van der Waals surface area contributed by atoms with E-state index in [2.05, 4.69) is 5.43 Å². The molecule has 0 aromatic carbocycles. The highest BCUT2D eigenvalue weighted by atomic mass is 16.6. The lowest BCUT2D eigenvalue weighted by Gasteiger charge is -2.34. The van der Waals surface area contributed by atoms with E-state index in [4.69, 9.17) is 14.2 Å². The van der Waals surface area contributed by atoms with Crippen LogP contribution in [0.2, 0.25) is 0 Å². The number of aliphatic hydroxyl groups excluding tert-OH is 1. The number of hydrogen-bond acceptors (Lipinski definition) is 7. The monoisotopic (exact) mass is 416 g/mol. The third kappa shape index (κ3) is 11.3. The highest BCUT2D eigenvalue weighted by Crippen LogP contribution is 2.17. The standard InChI is InChI=1S/C20H36N2O7/c1-13(2)11-10-12-14(23)15(16(24)27-9)22(18(26)29-20(6,7)8)21-17(25)28-19(3,4)5/h11,14-15,23H,10,12H2,1-9H3,(H,21,25)/t14-,15-/m1/s1. The number of allylic oxidation sites excluding steroid dienone is 2. The highest BCUT2D eigenvalue weighted by molar-refractivity contribution is 5.83. The molecule has 0 aromatic heterocycles. The molecule has 0 saturated heterocycles. The van der Waals surface area contributed by atoms with Crippen LogP contribution in [0.3, 0.4) is 0 Å². The zero-order chi connectivity index (χ0) is 23.0. The van der Waals surface area contributed by atoms with Gasteiger partial charge in [0.1, 0.15) is 11.2 Å². The minimum atomic E-state index is -1.52. The first kappa shape index (κ1) is 26.7. The Morgan fingerprint density at radius 2 is 1.55 bits per heavy atom. The smallest absolute Gasteiger partial charge is 0.430 e. The van der Waals surface area contributed by atoms with Gasteiger partial charge in [-0.05, 0) is 68.2 Å². The number of carbonyl (C=O) groups excluding carboxylic acids is 3. The largest absolute Gasteiger partial charge is 0.467 e. The number of nitrogens with one attached hydrogen (secondary N) is 1. The Labute approximate surface area is 173 Å². The fourth-order valence-corrected chi connectivity index (χ4v) is 2.20. The Hall–Kier alpha value is -2.29. The van der Waals surface area contributed by atoms with Gasteiger partial charge in [-0.2, -0.15) is 5.01 Å². The molecule has 29 heavy (non-hydrogen) atoms. The predicted molar refractivity (Wildman–Crippen MR) is 108 cm³/mol. The van der Waals surface area contributed by atoms with Crippen LogP contribution < -0.4 is 5.43 Å². The molecule has 0 rings (SSSR count). The lowest BCUT2D eigenvalue weighted by atomic mass is 10.0. The van der Waals surface area contributed by atoms with Crippen molar-refractivity contribution in [1.82, 2.24) is 10.4 Å². The summed E-state index contributed by atoms with van der Waals surface area (Å²) >= 11 is 0. The van der Waals surface area contributed by atoms with Crippen molar-refractivity contribution in [2.24, 2.45) is 0 Å². The van der Waals surface area contributed by atoms with Gasteiger partial charge >= 0.3 is 18.2 Å². The van der Waals surface area contributed by atoms with Crippen molar-refractivity contribution in [2.45, 2.75) is 91.6 Å². The first-order chi connectivity index (χ1) is 13.1. The molecule has 0 radical (unpaired) electrons. The zero-order valence-electron chi connectivity index (χ0n) is 19.0. The summed E-state index contributed by atoms with van der Waals surface area (Å²) in [7, 11) is 1.12. The second kappa shape index (κ2) is 11.0. The van der Waals surface area contributed by atoms with Crippen LogP contribution in [0.5, 0.6) is 0 Å². The summed E-state index contributed by atoms with van der Waals surface area (Å²) in [4.78, 5) is 37.4. The highest BCUT2D eigenvalue weighted by Gasteiger charge is 2.40. The van der Waals surface area contributed by atoms with E-state index in [9.17, 15) is 19.5 Å². The summed E-state index contributed by atoms with van der Waals surface area (Å²) in [6, 6.07) is -1.52. The Bertz CT molecular complexity index is 599. The first-order valence-corrected chi connectivity index (χ1v) is 9.48. The molecule has 168 valence electrons. The fraction of sp³-hybridized carbons (Fsp3) is 0.750. The zero-order valence-corrected chi connectivity index (χ0v) is 19.0. The van der Waals surface area contributed by atoms with E-state index in [1.165, 1.54) is 0 Å². The number of methoxy groups -OCH3 is 1. The van der Waals surface area contributed by atoms with E-state index in [1.54, 1.807) is 41.5 Å². The van der Waals surface area contributed by atoms with Crippen molar-refractivity contribution >= 4 is 18.2 Å². The number of aliphatic hydroxyl groups is 1. The average molecular weight is 417 g/mol. The topological polar surface area (TPSA) is 114 Å². The molecule has 0 aliphatic rings. The van der Waals surface area contributed by atoms with Crippen LogP contribution in [0.4, 0.5) is 9.59 Å². The van der Waals surface area contributed by atoms with E-state index >= 15 is 0 Å². The quantitative estimate of drug-likeness (QED) is 0.295. The van der Waals surface area contributed by atoms with Crippen LogP contribution in [-0.2, 0) is 19.0 Å². The minimum absolute atomic E-state index is 0.153. The summed E-state index contributed by atoms with van der Waals surface area (Å²) in [5, 5.41) is 11.2. The van der Waals surface area contributed by atoms with Crippen LogP contribution in [0.15, 0.2) is 11.6 Å². The van der Waals surface area contributed by atoms with Crippen molar-refractivity contribution in [2.75, 3.05) is 7.11 Å². The summed E-state index contributed by atoms with van der Waals surface area (Å²) in [6.07, 6.45) is -0.822. The number of carbonyl (C=O) groups is 3. The predicted octanol–water partition coefficient (Wildman–Crippen LogP) is 3.31. The Morgan fingerprint density at radius 1 is 1.03 bits per heavy atom. The molecular formula is C20H36N2O7. The molecular weight excluding hydrogens is 380 g/mol. The van der Waals surface area contributed by atoms with Gasteiger partial charge < -0.3 is 19.3 Å². The summed E-state index contributed by atoms with van der Waals surface area (Å²) in [5.41, 5.74) is 1.51. The number of rotatable bonds is 6. The van der Waals surface area contributed by atoms with Crippen molar-refractivity contribution in [3.05, 3.63) is 11.6 Å². The number of nitrogens with zero attached hydrogens (tertiary/aromatic N) is 1. The van der Waals surface area contributed by atoms with Crippen molar-refractivity contribution in [3.8, 4) is 0 Å². The van der Waals surface area contributed by atoms with E-state index < -0.39 is 41.5 Å². The van der Waals surface area contributed by atoms with Crippen LogP contribution in [0.25, 0.3) is 0 Å². The fourth-order valence-electron chi connectivity index (χ4n) is 2.20. The van der Waals surface area contributed by atoms with Gasteiger partial charge in [0.2, 0.25) is 0 Å². The number of hydrazine groups is 1. The first-order valence-electron chi connectivity index (χ1n) is 9.48. The SMILES string of the molecule is COC(=O)[C@@H]([C@H](O)CCC=C(C)C)N(NC(=O)OC(C)(C)C)C(=O)OC(C)(C)C. The molecule has 0 fully saturated rings. The third-order valence-electron chi connectivity index (χ3n) is 3.30. The maximum absolute atomic E-state index is 12.7. The van der Waals surface area contributed by atoms with Crippen LogP contribution in [-0.4, -0.2) is 58.7 Å². The second-order valence-electron chi connectivity index (χ2n) is 8.86. The van der Waals surface area contributed by atoms with Gasteiger partial charge in [-0.15, -0.1) is 0 Å². The molecule has 2 atom stereocenters. The summed E-state index contributed by atoms with van der Waals surface area (Å²) in [6.45, 7) is 13.7. The molecule has 2 N–H and O–H groups in total. The van der Waals surface area contributed by atoms with Gasteiger partial charge in [0.25, 0.3) is 0 Å². The molecule has 2 amide bonds. The Balaban J connectivity index is 5.80. The Morgan fingerprint density at radius 3 is 1.97 bits per heavy atom. The second-order valence-corrected chi connectivity index (χ2v) is 8.86. The number of ether oxygens (including phenoxy) is 3. The van der Waals surface area contributed by atoms with Crippen molar-refractivity contribution < 1.29 is 33.7 Å². The maximum Gasteiger partial charge on any atom is 0.430 e. The molecule has 0 aliphatic heterocycles. The van der Waals surface area contributed by atoms with Crippen LogP contribution in [0, 0.1) is 0 Å². The minimum Gasteiger partial charge on any atom is -0.467 e. The average Bonchev–Trinajstić information content (AvgIpc) is 2.50. The van der Waals surface area contributed by atoms with Gasteiger partial charge in [-0.25, -0.2) is 19.8 Å². The van der Waals surface area contributed by atoms with Gasteiger partial charge in [0.15, 0.2) is 6.04 Å². The molecule has 0 saturated carbocycles. The maximum atomic E-state index is 12.7. The van der Waals surface area contributed by atoms with E-state index in [1.807, 2.05) is 19.9 Å². The molecule has 9 heteroatoms.